The van der Waals surface area contributed by atoms with E-state index >= 15 is 0 Å². The van der Waals surface area contributed by atoms with Crippen LogP contribution < -0.4 is 11.1 Å². The normalized spacial score (nSPS) is 14.3. The van der Waals surface area contributed by atoms with E-state index in [0.29, 0.717) is 12.5 Å². The van der Waals surface area contributed by atoms with Crippen LogP contribution in [-0.4, -0.2) is 12.5 Å². The number of amides is 1. The minimum absolute atomic E-state index is 0.0192. The molecule has 118 valence electrons. The highest BCUT2D eigenvalue weighted by atomic mass is 19.1. The van der Waals surface area contributed by atoms with Gasteiger partial charge in [-0.05, 0) is 36.0 Å². The number of hydrogen-bond acceptors (Lipinski definition) is 2. The van der Waals surface area contributed by atoms with Crippen LogP contribution in [-0.2, 0) is 4.79 Å². The van der Waals surface area contributed by atoms with Gasteiger partial charge in [0.05, 0.1) is 12.0 Å². The molecule has 0 saturated heterocycles. The predicted octanol–water partition coefficient (Wildman–Crippen LogP) is 3.26. The van der Waals surface area contributed by atoms with Crippen molar-refractivity contribution in [2.45, 2.75) is 40.2 Å². The molecule has 2 unspecified atom stereocenters. The summed E-state index contributed by atoms with van der Waals surface area (Å²) in [5.41, 5.74) is 6.64. The fourth-order valence-corrected chi connectivity index (χ4v) is 2.46. The number of nitrogens with one attached hydrogen (secondary N) is 1. The molecule has 0 aliphatic carbocycles. The minimum Gasteiger partial charge on any atom is -0.349 e. The van der Waals surface area contributed by atoms with Gasteiger partial charge >= 0.3 is 0 Å². The molecule has 1 amide bonds. The lowest BCUT2D eigenvalue weighted by atomic mass is 9.92. The molecule has 1 aromatic rings. The van der Waals surface area contributed by atoms with Gasteiger partial charge in [0, 0.05) is 6.54 Å². The first-order valence-electron chi connectivity index (χ1n) is 7.61. The first-order chi connectivity index (χ1) is 9.85. The summed E-state index contributed by atoms with van der Waals surface area (Å²) >= 11 is 0. The van der Waals surface area contributed by atoms with Crippen molar-refractivity contribution < 1.29 is 9.18 Å². The molecule has 0 aliphatic rings. The number of carbonyl (C=O) groups excluding carboxylic acids is 1. The summed E-state index contributed by atoms with van der Waals surface area (Å²) in [7, 11) is 0. The van der Waals surface area contributed by atoms with Crippen LogP contribution in [0, 0.1) is 23.6 Å². The highest BCUT2D eigenvalue weighted by Gasteiger charge is 2.23. The molecule has 21 heavy (non-hydrogen) atoms. The summed E-state index contributed by atoms with van der Waals surface area (Å²) < 4.78 is 13.0. The molecule has 3 nitrogen and oxygen atoms in total. The lowest BCUT2D eigenvalue weighted by Crippen LogP contribution is -2.39. The molecule has 0 heterocycles. The zero-order valence-electron chi connectivity index (χ0n) is 13.4. The van der Waals surface area contributed by atoms with Crippen molar-refractivity contribution in [2.24, 2.45) is 23.5 Å². The molecule has 3 N–H and O–H groups in total. The van der Waals surface area contributed by atoms with Crippen LogP contribution in [0.15, 0.2) is 24.3 Å². The maximum absolute atomic E-state index is 13.0. The molecule has 4 heteroatoms. The summed E-state index contributed by atoms with van der Waals surface area (Å²) in [6, 6.07) is 6.16. The van der Waals surface area contributed by atoms with E-state index in [0.717, 1.165) is 12.0 Å². The molecule has 1 aromatic carbocycles. The smallest absolute Gasteiger partial charge is 0.224 e. The summed E-state index contributed by atoms with van der Waals surface area (Å²) in [5, 5.41) is 3.07. The summed E-state index contributed by atoms with van der Waals surface area (Å²) in [5.74, 6) is 0.178. The largest absolute Gasteiger partial charge is 0.349 e. The average molecular weight is 294 g/mol. The van der Waals surface area contributed by atoms with Crippen LogP contribution in [0.1, 0.15) is 45.7 Å². The lowest BCUT2D eigenvalue weighted by Gasteiger charge is -2.26. The van der Waals surface area contributed by atoms with Crippen LogP contribution in [0.3, 0.4) is 0 Å². The summed E-state index contributed by atoms with van der Waals surface area (Å²) in [6.45, 7) is 8.58. The predicted molar refractivity (Wildman–Crippen MR) is 84.1 cm³/mol. The number of benzene rings is 1. The first-order valence-corrected chi connectivity index (χ1v) is 7.61. The second-order valence-electron chi connectivity index (χ2n) is 6.34. The fourth-order valence-electron chi connectivity index (χ4n) is 2.46. The Morgan fingerprint density at radius 3 is 2.19 bits per heavy atom. The van der Waals surface area contributed by atoms with Crippen molar-refractivity contribution in [1.29, 1.82) is 0 Å². The Morgan fingerprint density at radius 2 is 1.76 bits per heavy atom. The number of hydrogen-bond donors (Lipinski definition) is 2. The second-order valence-corrected chi connectivity index (χ2v) is 6.34. The van der Waals surface area contributed by atoms with Crippen molar-refractivity contribution in [2.75, 3.05) is 6.54 Å². The Labute approximate surface area is 127 Å². The van der Waals surface area contributed by atoms with Crippen molar-refractivity contribution in [1.82, 2.24) is 5.32 Å². The van der Waals surface area contributed by atoms with E-state index in [1.807, 2.05) is 13.8 Å². The summed E-state index contributed by atoms with van der Waals surface area (Å²) in [6.07, 6.45) is 0.774. The zero-order chi connectivity index (χ0) is 16.0. The third kappa shape index (κ3) is 5.46. The fraction of sp³-hybridized carbons (Fsp3) is 0.588. The molecule has 0 fully saturated rings. The van der Waals surface area contributed by atoms with Gasteiger partial charge in [0.2, 0.25) is 5.91 Å². The number of rotatable bonds is 7. The molecule has 0 saturated carbocycles. The van der Waals surface area contributed by atoms with E-state index in [9.17, 15) is 9.18 Å². The van der Waals surface area contributed by atoms with Gasteiger partial charge in [0.25, 0.3) is 0 Å². The molecule has 1 rings (SSSR count). The molecular weight excluding hydrogens is 267 g/mol. The van der Waals surface area contributed by atoms with Crippen molar-refractivity contribution in [3.63, 3.8) is 0 Å². The van der Waals surface area contributed by atoms with Gasteiger partial charge in [-0.3, -0.25) is 4.79 Å². The molecule has 0 spiro atoms. The van der Waals surface area contributed by atoms with Gasteiger partial charge in [0.15, 0.2) is 0 Å². The van der Waals surface area contributed by atoms with Crippen LogP contribution >= 0.6 is 0 Å². The van der Waals surface area contributed by atoms with E-state index in [-0.39, 0.29) is 29.6 Å². The van der Waals surface area contributed by atoms with Gasteiger partial charge in [-0.25, -0.2) is 4.39 Å². The quantitative estimate of drug-likeness (QED) is 0.811. The number of carbonyl (C=O) groups is 1. The third-order valence-electron chi connectivity index (χ3n) is 3.60. The maximum atomic E-state index is 13.0. The second kappa shape index (κ2) is 8.13. The van der Waals surface area contributed by atoms with E-state index in [1.54, 1.807) is 12.1 Å². The van der Waals surface area contributed by atoms with E-state index in [1.165, 1.54) is 12.1 Å². The Balaban J connectivity index is 2.83. The topological polar surface area (TPSA) is 55.1 Å². The van der Waals surface area contributed by atoms with Gasteiger partial charge in [-0.15, -0.1) is 0 Å². The van der Waals surface area contributed by atoms with E-state index < -0.39 is 0 Å². The Kier molecular flexibility index (Phi) is 6.82. The summed E-state index contributed by atoms with van der Waals surface area (Å²) in [4.78, 5) is 12.4. The maximum Gasteiger partial charge on any atom is 0.224 e. The van der Waals surface area contributed by atoms with Gasteiger partial charge in [-0.2, -0.15) is 0 Å². The van der Waals surface area contributed by atoms with E-state index in [2.05, 4.69) is 19.2 Å². The third-order valence-corrected chi connectivity index (χ3v) is 3.60. The standard InChI is InChI=1S/C17H27FN2O/c1-11(2)9-14(10-19)17(21)20-16(12(3)4)13-5-7-15(18)8-6-13/h5-8,11-12,14,16H,9-10,19H2,1-4H3,(H,20,21). The Morgan fingerprint density at radius 1 is 1.19 bits per heavy atom. The number of nitrogens with two attached hydrogens (primary N) is 1. The molecular formula is C17H27FN2O. The Hall–Kier alpha value is -1.42. The molecule has 0 radical (unpaired) electrons. The SMILES string of the molecule is CC(C)CC(CN)C(=O)NC(c1ccc(F)cc1)C(C)C. The highest BCUT2D eigenvalue weighted by Crippen LogP contribution is 2.23. The average Bonchev–Trinajstić information content (AvgIpc) is 2.42. The zero-order valence-corrected chi connectivity index (χ0v) is 13.4. The molecule has 2 atom stereocenters. The van der Waals surface area contributed by atoms with Gasteiger partial charge in [-0.1, -0.05) is 39.8 Å². The van der Waals surface area contributed by atoms with Crippen LogP contribution in [0.5, 0.6) is 0 Å². The van der Waals surface area contributed by atoms with E-state index in [4.69, 9.17) is 5.73 Å². The van der Waals surface area contributed by atoms with Crippen LogP contribution in [0.2, 0.25) is 0 Å². The van der Waals surface area contributed by atoms with Crippen LogP contribution in [0.25, 0.3) is 0 Å². The van der Waals surface area contributed by atoms with Gasteiger partial charge < -0.3 is 11.1 Å². The molecule has 0 bridgehead atoms. The highest BCUT2D eigenvalue weighted by molar-refractivity contribution is 5.79. The van der Waals surface area contributed by atoms with Crippen molar-refractivity contribution in [3.05, 3.63) is 35.6 Å². The monoisotopic (exact) mass is 294 g/mol. The lowest BCUT2D eigenvalue weighted by molar-refractivity contribution is -0.126. The number of halogens is 1. The Bertz CT molecular complexity index is 443. The first kappa shape index (κ1) is 17.6. The van der Waals surface area contributed by atoms with Crippen LogP contribution in [0.4, 0.5) is 4.39 Å². The van der Waals surface area contributed by atoms with Crippen molar-refractivity contribution >= 4 is 5.91 Å². The molecule has 0 aromatic heterocycles. The minimum atomic E-state index is -0.271. The van der Waals surface area contributed by atoms with Crippen molar-refractivity contribution in [3.8, 4) is 0 Å². The van der Waals surface area contributed by atoms with Gasteiger partial charge in [0.1, 0.15) is 5.82 Å². The molecule has 0 aliphatic heterocycles.